The molecule has 0 saturated carbocycles. The number of nitrogens with zero attached hydrogens (tertiary/aromatic N) is 1. The quantitative estimate of drug-likeness (QED) is 0.814. The molecular formula is C9H12F3N3OS. The minimum atomic E-state index is -4.26. The first-order valence-electron chi connectivity index (χ1n) is 4.70. The molecule has 96 valence electrons. The summed E-state index contributed by atoms with van der Waals surface area (Å²) in [6.45, 7) is -0.0475. The van der Waals surface area contributed by atoms with Gasteiger partial charge in [-0.1, -0.05) is 0 Å². The Morgan fingerprint density at radius 3 is 2.71 bits per heavy atom. The third-order valence-electron chi connectivity index (χ3n) is 1.91. The number of anilines is 1. The van der Waals surface area contributed by atoms with Crippen molar-refractivity contribution in [2.45, 2.75) is 5.51 Å². The number of carbonyl (C=O) groups is 1. The van der Waals surface area contributed by atoms with Gasteiger partial charge in [-0.15, -0.1) is 0 Å². The zero-order valence-electron chi connectivity index (χ0n) is 9.04. The summed E-state index contributed by atoms with van der Waals surface area (Å²) in [4.78, 5) is 11.5. The molecule has 0 aromatic carbocycles. The maximum absolute atomic E-state index is 11.8. The van der Waals surface area contributed by atoms with Gasteiger partial charge >= 0.3 is 5.51 Å². The average Bonchev–Trinajstić information content (AvgIpc) is 2.51. The van der Waals surface area contributed by atoms with Gasteiger partial charge in [-0.25, -0.2) is 0 Å². The summed E-state index contributed by atoms with van der Waals surface area (Å²) in [6, 6.07) is 1.46. The van der Waals surface area contributed by atoms with Gasteiger partial charge in [-0.2, -0.15) is 13.2 Å². The van der Waals surface area contributed by atoms with Crippen LogP contribution in [0.5, 0.6) is 0 Å². The molecule has 0 spiro atoms. The van der Waals surface area contributed by atoms with E-state index in [2.05, 4.69) is 5.32 Å². The summed E-state index contributed by atoms with van der Waals surface area (Å²) in [6.07, 6.45) is 1.55. The van der Waals surface area contributed by atoms with Crippen LogP contribution >= 0.6 is 11.8 Å². The molecule has 0 bridgehead atoms. The van der Waals surface area contributed by atoms with Gasteiger partial charge in [0.1, 0.15) is 5.69 Å². The summed E-state index contributed by atoms with van der Waals surface area (Å²) in [5.74, 6) is -0.651. The molecule has 3 N–H and O–H groups in total. The van der Waals surface area contributed by atoms with Gasteiger partial charge in [0.05, 0.1) is 5.69 Å². The van der Waals surface area contributed by atoms with Gasteiger partial charge in [0, 0.05) is 25.5 Å². The molecule has 0 saturated heterocycles. The lowest BCUT2D eigenvalue weighted by Gasteiger charge is -2.07. The van der Waals surface area contributed by atoms with E-state index in [4.69, 9.17) is 5.73 Å². The molecule has 0 atom stereocenters. The zero-order chi connectivity index (χ0) is 13.1. The van der Waals surface area contributed by atoms with E-state index in [0.29, 0.717) is 11.4 Å². The van der Waals surface area contributed by atoms with Crippen LogP contribution in [0.25, 0.3) is 0 Å². The van der Waals surface area contributed by atoms with Crippen molar-refractivity contribution in [3.63, 3.8) is 0 Å². The molecule has 1 rings (SSSR count). The van der Waals surface area contributed by atoms with Crippen LogP contribution in [0.2, 0.25) is 0 Å². The standard InChI is InChI=1S/C9H12F3N3OS/c1-15-5-6(13)4-7(15)8(16)14-2-3-17-9(10,11)12/h4-5H,2-3,13H2,1H3,(H,14,16). The van der Waals surface area contributed by atoms with Crippen LogP contribution in [0.15, 0.2) is 12.3 Å². The van der Waals surface area contributed by atoms with Crippen LogP contribution in [0.4, 0.5) is 18.9 Å². The van der Waals surface area contributed by atoms with Crippen molar-refractivity contribution in [2.24, 2.45) is 7.05 Å². The van der Waals surface area contributed by atoms with Crippen molar-refractivity contribution >= 4 is 23.4 Å². The molecule has 1 heterocycles. The number of thioether (sulfide) groups is 1. The minimum absolute atomic E-state index is 0.0475. The van der Waals surface area contributed by atoms with Gasteiger partial charge in [0.15, 0.2) is 0 Å². The van der Waals surface area contributed by atoms with Crippen molar-refractivity contribution in [1.29, 1.82) is 0 Å². The predicted molar refractivity (Wildman–Crippen MR) is 60.7 cm³/mol. The maximum Gasteiger partial charge on any atom is 0.441 e. The van der Waals surface area contributed by atoms with Gasteiger partial charge in [0.2, 0.25) is 0 Å². The number of alkyl halides is 3. The second-order valence-electron chi connectivity index (χ2n) is 3.32. The lowest BCUT2D eigenvalue weighted by molar-refractivity contribution is -0.0327. The Bertz CT molecular complexity index is 403. The monoisotopic (exact) mass is 267 g/mol. The van der Waals surface area contributed by atoms with Crippen LogP contribution in [0.3, 0.4) is 0 Å². The van der Waals surface area contributed by atoms with E-state index in [1.165, 1.54) is 10.6 Å². The molecule has 0 fully saturated rings. The highest BCUT2D eigenvalue weighted by atomic mass is 32.2. The van der Waals surface area contributed by atoms with E-state index in [-0.39, 0.29) is 24.1 Å². The molecule has 1 aromatic rings. The molecule has 0 radical (unpaired) electrons. The van der Waals surface area contributed by atoms with Gasteiger partial charge < -0.3 is 15.6 Å². The largest absolute Gasteiger partial charge is 0.441 e. The highest BCUT2D eigenvalue weighted by Crippen LogP contribution is 2.29. The van der Waals surface area contributed by atoms with Crippen LogP contribution < -0.4 is 11.1 Å². The number of nitrogens with two attached hydrogens (primary N) is 1. The van der Waals surface area contributed by atoms with Crippen LogP contribution in [-0.2, 0) is 7.05 Å². The van der Waals surface area contributed by atoms with Gasteiger partial charge in [-0.05, 0) is 17.8 Å². The highest BCUT2D eigenvalue weighted by molar-refractivity contribution is 8.00. The van der Waals surface area contributed by atoms with E-state index >= 15 is 0 Å². The number of carbonyl (C=O) groups excluding carboxylic acids is 1. The molecule has 8 heteroatoms. The van der Waals surface area contributed by atoms with E-state index in [9.17, 15) is 18.0 Å². The topological polar surface area (TPSA) is 60.0 Å². The van der Waals surface area contributed by atoms with Crippen molar-refractivity contribution in [1.82, 2.24) is 9.88 Å². The number of halogens is 3. The second-order valence-corrected chi connectivity index (χ2v) is 4.48. The van der Waals surface area contributed by atoms with Crippen LogP contribution in [-0.4, -0.2) is 28.3 Å². The van der Waals surface area contributed by atoms with Crippen LogP contribution in [0.1, 0.15) is 10.5 Å². The number of hydrogen-bond acceptors (Lipinski definition) is 3. The Labute approximate surface area is 100 Å². The van der Waals surface area contributed by atoms with E-state index in [1.807, 2.05) is 0 Å². The number of hydrogen-bond donors (Lipinski definition) is 2. The maximum atomic E-state index is 11.8. The summed E-state index contributed by atoms with van der Waals surface area (Å²) in [5, 5.41) is 2.39. The highest BCUT2D eigenvalue weighted by Gasteiger charge is 2.27. The molecule has 0 unspecified atom stereocenters. The first-order valence-corrected chi connectivity index (χ1v) is 5.69. The van der Waals surface area contributed by atoms with Crippen LogP contribution in [0, 0.1) is 0 Å². The molecule has 1 aromatic heterocycles. The number of nitrogen functional groups attached to an aromatic ring is 1. The first kappa shape index (κ1) is 13.8. The Hall–Kier alpha value is -1.31. The number of nitrogens with one attached hydrogen (secondary N) is 1. The van der Waals surface area contributed by atoms with Crippen molar-refractivity contribution < 1.29 is 18.0 Å². The van der Waals surface area contributed by atoms with E-state index in [0.717, 1.165) is 0 Å². The summed E-state index contributed by atoms with van der Waals surface area (Å²) < 4.78 is 36.9. The van der Waals surface area contributed by atoms with E-state index in [1.54, 1.807) is 13.2 Å². The normalized spacial score (nSPS) is 11.5. The van der Waals surface area contributed by atoms with Gasteiger partial charge in [-0.3, -0.25) is 4.79 Å². The Morgan fingerprint density at radius 2 is 2.24 bits per heavy atom. The fraction of sp³-hybridized carbons (Fsp3) is 0.444. The molecular weight excluding hydrogens is 255 g/mol. The number of rotatable bonds is 4. The van der Waals surface area contributed by atoms with Crippen molar-refractivity contribution in [3.05, 3.63) is 18.0 Å². The molecule has 0 aliphatic carbocycles. The zero-order valence-corrected chi connectivity index (χ0v) is 9.86. The lowest BCUT2D eigenvalue weighted by atomic mass is 10.4. The summed E-state index contributed by atoms with van der Waals surface area (Å²) in [5.41, 5.74) is 1.96. The Balaban J connectivity index is 2.38. The lowest BCUT2D eigenvalue weighted by Crippen LogP contribution is -2.28. The smallest absolute Gasteiger partial charge is 0.397 e. The predicted octanol–water partition coefficient (Wildman–Crippen LogP) is 1.59. The summed E-state index contributed by atoms with van der Waals surface area (Å²) in [7, 11) is 1.63. The summed E-state index contributed by atoms with van der Waals surface area (Å²) >= 11 is -0.166. The fourth-order valence-corrected chi connectivity index (χ4v) is 1.67. The number of amides is 1. The molecule has 4 nitrogen and oxygen atoms in total. The van der Waals surface area contributed by atoms with Gasteiger partial charge in [0.25, 0.3) is 5.91 Å². The SMILES string of the molecule is Cn1cc(N)cc1C(=O)NCCSC(F)(F)F. The number of aryl methyl sites for hydroxylation is 1. The molecule has 1 amide bonds. The minimum Gasteiger partial charge on any atom is -0.397 e. The molecule has 0 aliphatic heterocycles. The third kappa shape index (κ3) is 4.59. The van der Waals surface area contributed by atoms with E-state index < -0.39 is 11.4 Å². The first-order chi connectivity index (χ1) is 7.79. The molecule has 17 heavy (non-hydrogen) atoms. The molecule has 0 aliphatic rings. The average molecular weight is 267 g/mol. The Kier molecular flexibility index (Phi) is 4.33. The number of aromatic nitrogens is 1. The Morgan fingerprint density at radius 1 is 1.59 bits per heavy atom. The fourth-order valence-electron chi connectivity index (χ4n) is 1.24. The van der Waals surface area contributed by atoms with Crippen molar-refractivity contribution in [3.8, 4) is 0 Å². The third-order valence-corrected chi connectivity index (χ3v) is 2.65. The second kappa shape index (κ2) is 5.35. The van der Waals surface area contributed by atoms with Crippen molar-refractivity contribution in [2.75, 3.05) is 18.0 Å².